The third kappa shape index (κ3) is 3.85. The second kappa shape index (κ2) is 6.41. The van der Waals surface area contributed by atoms with E-state index in [9.17, 15) is 4.79 Å². The summed E-state index contributed by atoms with van der Waals surface area (Å²) in [5, 5.41) is 9.02. The summed E-state index contributed by atoms with van der Waals surface area (Å²) < 4.78 is 5.96. The van der Waals surface area contributed by atoms with Gasteiger partial charge in [-0.2, -0.15) is 0 Å². The number of aryl methyl sites for hydroxylation is 1. The molecule has 0 saturated carbocycles. The molecule has 1 N–H and O–H groups in total. The molecule has 0 saturated heterocycles. The molecule has 0 radical (unpaired) electrons. The molecule has 102 valence electrons. The van der Waals surface area contributed by atoms with Gasteiger partial charge in [-0.25, -0.2) is 4.79 Å². The standard InChI is InChI=1S/C16H20O3/c1-12-9-10-13(16(17)18)11-15(12)19-14-7-5-3-2-4-6-8-14/h5,7,9-11,14H,2-4,6,8H2,1H3,(H,17,18)/b7-5+. The molecule has 1 aliphatic rings. The first-order valence-corrected chi connectivity index (χ1v) is 6.84. The van der Waals surface area contributed by atoms with Gasteiger partial charge >= 0.3 is 5.97 Å². The number of carboxylic acids is 1. The number of hydrogen-bond donors (Lipinski definition) is 1. The maximum atomic E-state index is 11.0. The van der Waals surface area contributed by atoms with Crippen LogP contribution < -0.4 is 4.74 Å². The number of ether oxygens (including phenoxy) is 1. The van der Waals surface area contributed by atoms with E-state index >= 15 is 0 Å². The van der Waals surface area contributed by atoms with Crippen molar-refractivity contribution in [1.82, 2.24) is 0 Å². The largest absolute Gasteiger partial charge is 0.486 e. The molecule has 0 amide bonds. The van der Waals surface area contributed by atoms with Crippen molar-refractivity contribution in [3.8, 4) is 5.75 Å². The zero-order valence-electron chi connectivity index (χ0n) is 11.3. The summed E-state index contributed by atoms with van der Waals surface area (Å²) in [6.07, 6.45) is 10.1. The molecule has 0 fully saturated rings. The van der Waals surface area contributed by atoms with Gasteiger partial charge in [0, 0.05) is 0 Å². The number of allylic oxidation sites excluding steroid dienone is 1. The maximum absolute atomic E-state index is 11.0. The molecule has 3 heteroatoms. The number of carbonyl (C=O) groups is 1. The fourth-order valence-electron chi connectivity index (χ4n) is 2.25. The quantitative estimate of drug-likeness (QED) is 0.837. The summed E-state index contributed by atoms with van der Waals surface area (Å²) in [5.41, 5.74) is 1.25. The lowest BCUT2D eigenvalue weighted by atomic mass is 10.0. The van der Waals surface area contributed by atoms with Crippen LogP contribution in [0.2, 0.25) is 0 Å². The number of hydrogen-bond acceptors (Lipinski definition) is 2. The highest BCUT2D eigenvalue weighted by atomic mass is 16.5. The minimum absolute atomic E-state index is 0.0584. The van der Waals surface area contributed by atoms with E-state index in [2.05, 4.69) is 12.2 Å². The Labute approximate surface area is 113 Å². The zero-order chi connectivity index (χ0) is 13.7. The average Bonchev–Trinajstić information content (AvgIpc) is 2.34. The molecule has 0 spiro atoms. The summed E-state index contributed by atoms with van der Waals surface area (Å²) in [4.78, 5) is 11.0. The topological polar surface area (TPSA) is 46.5 Å². The van der Waals surface area contributed by atoms with Crippen molar-refractivity contribution in [3.05, 3.63) is 41.5 Å². The minimum Gasteiger partial charge on any atom is -0.486 e. The first-order chi connectivity index (χ1) is 9.16. The van der Waals surface area contributed by atoms with Gasteiger partial charge in [0.15, 0.2) is 0 Å². The number of carboxylic acid groups (broad SMARTS) is 1. The third-order valence-corrected chi connectivity index (χ3v) is 3.42. The monoisotopic (exact) mass is 260 g/mol. The van der Waals surface area contributed by atoms with Crippen molar-refractivity contribution in [3.63, 3.8) is 0 Å². The average molecular weight is 260 g/mol. The van der Waals surface area contributed by atoms with E-state index in [1.165, 1.54) is 12.8 Å². The lowest BCUT2D eigenvalue weighted by Gasteiger charge is -2.19. The predicted octanol–water partition coefficient (Wildman–Crippen LogP) is 3.96. The molecule has 1 aromatic rings. The molecule has 0 aliphatic heterocycles. The highest BCUT2D eigenvalue weighted by Crippen LogP contribution is 2.23. The molecule has 19 heavy (non-hydrogen) atoms. The summed E-state index contributed by atoms with van der Waals surface area (Å²) in [5.74, 6) is -0.242. The van der Waals surface area contributed by atoms with Crippen LogP contribution in [-0.2, 0) is 0 Å². The molecule has 0 aromatic heterocycles. The summed E-state index contributed by atoms with van der Waals surface area (Å²) in [6, 6.07) is 5.02. The maximum Gasteiger partial charge on any atom is 0.335 e. The van der Waals surface area contributed by atoms with E-state index in [0.717, 1.165) is 24.8 Å². The molecule has 0 bridgehead atoms. The normalized spacial score (nSPS) is 21.2. The molecule has 1 aliphatic carbocycles. The highest BCUT2D eigenvalue weighted by Gasteiger charge is 2.12. The Morgan fingerprint density at radius 1 is 1.32 bits per heavy atom. The van der Waals surface area contributed by atoms with E-state index in [-0.39, 0.29) is 11.7 Å². The van der Waals surface area contributed by atoms with Gasteiger partial charge in [0.1, 0.15) is 11.9 Å². The zero-order valence-corrected chi connectivity index (χ0v) is 11.3. The fourth-order valence-corrected chi connectivity index (χ4v) is 2.25. The van der Waals surface area contributed by atoms with Crippen molar-refractivity contribution >= 4 is 5.97 Å². The van der Waals surface area contributed by atoms with Crippen LogP contribution in [0.15, 0.2) is 30.4 Å². The molecular formula is C16H20O3. The Balaban J connectivity index is 2.14. The molecule has 0 heterocycles. The minimum atomic E-state index is -0.918. The van der Waals surface area contributed by atoms with Gasteiger partial charge in [-0.15, -0.1) is 0 Å². The third-order valence-electron chi connectivity index (χ3n) is 3.42. The van der Waals surface area contributed by atoms with Gasteiger partial charge in [0.05, 0.1) is 5.56 Å². The van der Waals surface area contributed by atoms with Crippen LogP contribution in [0, 0.1) is 6.92 Å². The second-order valence-electron chi connectivity index (χ2n) is 5.01. The van der Waals surface area contributed by atoms with Gasteiger partial charge in [0.25, 0.3) is 0 Å². The van der Waals surface area contributed by atoms with Crippen molar-refractivity contribution in [1.29, 1.82) is 0 Å². The Morgan fingerprint density at radius 3 is 2.95 bits per heavy atom. The van der Waals surface area contributed by atoms with Crippen LogP contribution in [0.3, 0.4) is 0 Å². The van der Waals surface area contributed by atoms with E-state index in [4.69, 9.17) is 9.84 Å². The van der Waals surface area contributed by atoms with Crippen LogP contribution in [0.25, 0.3) is 0 Å². The van der Waals surface area contributed by atoms with Crippen molar-refractivity contribution in [2.45, 2.75) is 45.1 Å². The van der Waals surface area contributed by atoms with E-state index < -0.39 is 5.97 Å². The van der Waals surface area contributed by atoms with Crippen molar-refractivity contribution in [2.24, 2.45) is 0 Å². The van der Waals surface area contributed by atoms with Crippen molar-refractivity contribution < 1.29 is 14.6 Å². The van der Waals surface area contributed by atoms with Gasteiger partial charge < -0.3 is 9.84 Å². The molecular weight excluding hydrogens is 240 g/mol. The Morgan fingerprint density at radius 2 is 2.16 bits per heavy atom. The molecule has 1 atom stereocenters. The van der Waals surface area contributed by atoms with Crippen LogP contribution in [-0.4, -0.2) is 17.2 Å². The first kappa shape index (κ1) is 13.7. The number of benzene rings is 1. The SMILES string of the molecule is Cc1ccc(C(=O)O)cc1OC1/C=C/CCCCC1. The first-order valence-electron chi connectivity index (χ1n) is 6.84. The Bertz CT molecular complexity index is 477. The lowest BCUT2D eigenvalue weighted by Crippen LogP contribution is -2.15. The van der Waals surface area contributed by atoms with E-state index in [1.807, 2.05) is 6.92 Å². The van der Waals surface area contributed by atoms with Gasteiger partial charge in [0.2, 0.25) is 0 Å². The smallest absolute Gasteiger partial charge is 0.335 e. The Hall–Kier alpha value is -1.77. The molecule has 2 rings (SSSR count). The number of aromatic carboxylic acids is 1. The van der Waals surface area contributed by atoms with Crippen LogP contribution in [0.5, 0.6) is 5.75 Å². The number of rotatable bonds is 3. The summed E-state index contributed by atoms with van der Waals surface area (Å²) >= 11 is 0. The second-order valence-corrected chi connectivity index (χ2v) is 5.01. The van der Waals surface area contributed by atoms with E-state index in [0.29, 0.717) is 5.75 Å². The lowest BCUT2D eigenvalue weighted by molar-refractivity contribution is 0.0696. The van der Waals surface area contributed by atoms with Crippen LogP contribution >= 0.6 is 0 Å². The van der Waals surface area contributed by atoms with Gasteiger partial charge in [-0.05, 0) is 56.4 Å². The van der Waals surface area contributed by atoms with Gasteiger partial charge in [-0.1, -0.05) is 18.6 Å². The van der Waals surface area contributed by atoms with Crippen LogP contribution in [0.4, 0.5) is 0 Å². The molecule has 1 aromatic carbocycles. The Kier molecular flexibility index (Phi) is 4.61. The summed E-state index contributed by atoms with van der Waals surface area (Å²) in [6.45, 7) is 1.94. The molecule has 1 unspecified atom stereocenters. The summed E-state index contributed by atoms with van der Waals surface area (Å²) in [7, 11) is 0. The fraction of sp³-hybridized carbons (Fsp3) is 0.438. The molecule has 3 nitrogen and oxygen atoms in total. The van der Waals surface area contributed by atoms with E-state index in [1.54, 1.807) is 18.2 Å². The highest BCUT2D eigenvalue weighted by molar-refractivity contribution is 5.88. The van der Waals surface area contributed by atoms with Crippen LogP contribution in [0.1, 0.15) is 48.0 Å². The van der Waals surface area contributed by atoms with Gasteiger partial charge in [-0.3, -0.25) is 0 Å². The predicted molar refractivity (Wildman–Crippen MR) is 74.8 cm³/mol. The van der Waals surface area contributed by atoms with Crippen molar-refractivity contribution in [2.75, 3.05) is 0 Å².